The number of carbonyl (C=O) groups excluding carboxylic acids is 2. The maximum atomic E-state index is 14.1. The average Bonchev–Trinajstić information content (AvgIpc) is 2.85. The van der Waals surface area contributed by atoms with Crippen molar-refractivity contribution in [2.75, 3.05) is 26.4 Å². The van der Waals surface area contributed by atoms with E-state index in [0.717, 1.165) is 5.56 Å². The summed E-state index contributed by atoms with van der Waals surface area (Å²) in [7, 11) is -8.71. The molecule has 0 saturated carbocycles. The molecule has 0 fully saturated rings. The summed E-state index contributed by atoms with van der Waals surface area (Å²) in [5.74, 6) is -1.34. The number of hydrogen-bond donors (Lipinski definition) is 1. The highest BCUT2D eigenvalue weighted by atomic mass is 31.2. The molecule has 0 bridgehead atoms. The number of hydrogen-bond acceptors (Lipinski definition) is 8. The quantitative estimate of drug-likeness (QED) is 0.280. The Bertz CT molecular complexity index is 1010. The number of rotatable bonds is 16. The molecule has 2 aromatic rings. The van der Waals surface area contributed by atoms with Gasteiger partial charge in [-0.15, -0.1) is 0 Å². The van der Waals surface area contributed by atoms with Crippen molar-refractivity contribution >= 4 is 26.9 Å². The van der Waals surface area contributed by atoms with E-state index in [1.807, 2.05) is 6.07 Å². The molecule has 1 N–H and O–H groups in total. The fourth-order valence-electron chi connectivity index (χ4n) is 3.65. The number of carbonyl (C=O) groups is 2. The Hall–Kier alpha value is -2.12. The molecule has 0 aliphatic rings. The molecule has 0 spiro atoms. The van der Waals surface area contributed by atoms with Gasteiger partial charge in [-0.25, -0.2) is 0 Å². The molecule has 0 aliphatic heterocycles. The highest BCUT2D eigenvalue weighted by Gasteiger charge is 2.57. The van der Waals surface area contributed by atoms with Crippen molar-refractivity contribution in [2.24, 2.45) is 0 Å². The van der Waals surface area contributed by atoms with Crippen LogP contribution in [0.5, 0.6) is 0 Å². The number of benzene rings is 2. The molecule has 36 heavy (non-hydrogen) atoms. The van der Waals surface area contributed by atoms with Crippen molar-refractivity contribution in [1.82, 2.24) is 5.32 Å². The van der Waals surface area contributed by atoms with Crippen molar-refractivity contribution in [3.63, 3.8) is 0 Å². The molecule has 0 aliphatic carbocycles. The first-order chi connectivity index (χ1) is 17.2. The van der Waals surface area contributed by atoms with Crippen LogP contribution in [0.3, 0.4) is 0 Å². The van der Waals surface area contributed by atoms with E-state index in [0.29, 0.717) is 5.56 Å². The highest BCUT2D eigenvalue weighted by molar-refractivity contribution is 7.74. The third kappa shape index (κ3) is 7.94. The van der Waals surface area contributed by atoms with Crippen LogP contribution in [0.15, 0.2) is 60.7 Å². The lowest BCUT2D eigenvalue weighted by molar-refractivity contribution is -0.119. The summed E-state index contributed by atoms with van der Waals surface area (Å²) < 4.78 is 49.7. The van der Waals surface area contributed by atoms with E-state index in [1.165, 1.54) is 0 Å². The van der Waals surface area contributed by atoms with Gasteiger partial charge in [0.25, 0.3) is 5.91 Å². The predicted molar refractivity (Wildman–Crippen MR) is 138 cm³/mol. The van der Waals surface area contributed by atoms with Crippen molar-refractivity contribution in [1.29, 1.82) is 0 Å². The Morgan fingerprint density at radius 1 is 0.722 bits per heavy atom. The van der Waals surface area contributed by atoms with Gasteiger partial charge in [-0.3, -0.25) is 18.7 Å². The zero-order chi connectivity index (χ0) is 26.6. The minimum atomic E-state index is -4.35. The van der Waals surface area contributed by atoms with Crippen LogP contribution in [0.25, 0.3) is 0 Å². The second-order valence-corrected chi connectivity index (χ2v) is 12.2. The third-order valence-electron chi connectivity index (χ3n) is 5.06. The van der Waals surface area contributed by atoms with Gasteiger partial charge >= 0.3 is 15.2 Å². The largest absolute Gasteiger partial charge is 0.353 e. The minimum Gasteiger partial charge on any atom is -0.342 e. The van der Waals surface area contributed by atoms with Crippen molar-refractivity contribution in [3.05, 3.63) is 71.8 Å². The minimum absolute atomic E-state index is 0.0469. The van der Waals surface area contributed by atoms with Gasteiger partial charge in [0.1, 0.15) is 0 Å². The van der Waals surface area contributed by atoms with Crippen LogP contribution < -0.4 is 5.32 Å². The van der Waals surface area contributed by atoms with Crippen LogP contribution in [0.4, 0.5) is 0 Å². The lowest BCUT2D eigenvalue weighted by Crippen LogP contribution is -2.47. The van der Waals surface area contributed by atoms with Crippen molar-refractivity contribution in [2.45, 2.75) is 45.6 Å². The maximum Gasteiger partial charge on any atom is 0.353 e. The van der Waals surface area contributed by atoms with Crippen LogP contribution in [0, 0.1) is 0 Å². The summed E-state index contributed by atoms with van der Waals surface area (Å²) in [5, 5.41) is 0.828. The molecule has 0 heterocycles. The molecule has 9 nitrogen and oxygen atoms in total. The predicted octanol–water partition coefficient (Wildman–Crippen LogP) is 5.46. The molecule has 0 radical (unpaired) electrons. The SMILES string of the molecule is CCOP(=O)(OCC)C(C(=O)C(Cc1ccccc1)NC(=O)c1ccccc1)P(=O)(OCC)OCC. The monoisotopic (exact) mass is 539 g/mol. The first-order valence-corrected chi connectivity index (χ1v) is 15.2. The molecule has 198 valence electrons. The van der Waals surface area contributed by atoms with Gasteiger partial charge in [-0.2, -0.15) is 0 Å². The first kappa shape index (κ1) is 30.1. The Morgan fingerprint density at radius 3 is 1.56 bits per heavy atom. The van der Waals surface area contributed by atoms with E-state index in [4.69, 9.17) is 18.1 Å². The summed E-state index contributed by atoms with van der Waals surface area (Å²) in [6.07, 6.45) is 0.0469. The maximum absolute atomic E-state index is 14.1. The lowest BCUT2D eigenvalue weighted by Gasteiger charge is -2.32. The second-order valence-electron chi connectivity index (χ2n) is 7.61. The molecule has 1 amide bonds. The number of nitrogens with one attached hydrogen (secondary N) is 1. The van der Waals surface area contributed by atoms with E-state index in [2.05, 4.69) is 5.32 Å². The van der Waals surface area contributed by atoms with Crippen molar-refractivity contribution in [3.8, 4) is 0 Å². The highest BCUT2D eigenvalue weighted by Crippen LogP contribution is 2.70. The van der Waals surface area contributed by atoms with Crippen LogP contribution in [0.2, 0.25) is 0 Å². The van der Waals surface area contributed by atoms with Crippen LogP contribution in [-0.2, 0) is 38.4 Å². The second kappa shape index (κ2) is 14.6. The van der Waals surface area contributed by atoms with Crippen molar-refractivity contribution < 1.29 is 36.8 Å². The van der Waals surface area contributed by atoms with Gasteiger partial charge in [-0.1, -0.05) is 48.5 Å². The summed E-state index contributed by atoms with van der Waals surface area (Å²) in [4.78, 5) is 27.2. The number of ketones is 1. The normalized spacial score (nSPS) is 12.9. The number of amides is 1. The van der Waals surface area contributed by atoms with Gasteiger partial charge in [0.05, 0.1) is 32.5 Å². The zero-order valence-corrected chi connectivity index (χ0v) is 22.9. The first-order valence-electron chi connectivity index (χ1n) is 12.0. The molecular weight excluding hydrogens is 504 g/mol. The molecule has 2 aromatic carbocycles. The molecule has 11 heteroatoms. The van der Waals surface area contributed by atoms with Crippen LogP contribution in [0.1, 0.15) is 43.6 Å². The number of Topliss-reactive ketones (excluding diaryl/α,β-unsaturated/α-hetero) is 1. The van der Waals surface area contributed by atoms with Gasteiger partial charge in [0.15, 0.2) is 5.78 Å². The summed E-state index contributed by atoms with van der Waals surface area (Å²) >= 11 is 0. The Balaban J connectivity index is 2.61. The van der Waals surface area contributed by atoms with E-state index < -0.39 is 38.3 Å². The molecule has 1 unspecified atom stereocenters. The molecule has 1 atom stereocenters. The van der Waals surface area contributed by atoms with Gasteiger partial charge in [0, 0.05) is 5.56 Å². The summed E-state index contributed by atoms with van der Waals surface area (Å²) in [5.41, 5.74) is 1.06. The topological polar surface area (TPSA) is 117 Å². The Labute approximate surface area is 212 Å². The fraction of sp³-hybridized carbons (Fsp3) is 0.440. The Kier molecular flexibility index (Phi) is 12.2. The third-order valence-corrected chi connectivity index (χ3v) is 10.9. The van der Waals surface area contributed by atoms with E-state index >= 15 is 0 Å². The van der Waals surface area contributed by atoms with E-state index in [9.17, 15) is 18.7 Å². The fourth-order valence-corrected chi connectivity index (χ4v) is 8.97. The smallest absolute Gasteiger partial charge is 0.342 e. The Morgan fingerprint density at radius 2 is 1.14 bits per heavy atom. The van der Waals surface area contributed by atoms with Gasteiger partial charge in [0.2, 0.25) is 5.40 Å². The van der Waals surface area contributed by atoms with E-state index in [1.54, 1.807) is 82.3 Å². The standard InChI is InChI=1S/C25H35NO8P2/c1-5-31-35(29,32-6-2)25(36(30,33-7-3)34-8-4)23(27)22(19-20-15-11-9-12-16-20)26-24(28)21-17-13-10-14-18-21/h9-18,22,25H,5-8,19H2,1-4H3,(H,26,28). The van der Waals surface area contributed by atoms with Gasteiger partial charge < -0.3 is 23.4 Å². The van der Waals surface area contributed by atoms with E-state index in [-0.39, 0.29) is 32.8 Å². The lowest BCUT2D eigenvalue weighted by atomic mass is 10.0. The van der Waals surface area contributed by atoms with Gasteiger partial charge in [-0.05, 0) is 51.8 Å². The summed E-state index contributed by atoms with van der Waals surface area (Å²) in [6, 6.07) is 16.1. The zero-order valence-electron chi connectivity index (χ0n) is 21.1. The molecule has 0 saturated heterocycles. The average molecular weight is 540 g/mol. The molecular formula is C25H35NO8P2. The van der Waals surface area contributed by atoms with Crippen LogP contribution in [-0.4, -0.2) is 49.6 Å². The molecule has 2 rings (SSSR count). The van der Waals surface area contributed by atoms with Crippen LogP contribution >= 0.6 is 15.2 Å². The summed E-state index contributed by atoms with van der Waals surface area (Å²) in [6.45, 7) is 6.04. The molecule has 0 aromatic heterocycles.